The van der Waals surface area contributed by atoms with Crippen LogP contribution in [-0.2, 0) is 9.53 Å². The predicted molar refractivity (Wildman–Crippen MR) is 54.7 cm³/mol. The van der Waals surface area contributed by atoms with Crippen LogP contribution in [0.3, 0.4) is 0 Å². The van der Waals surface area contributed by atoms with E-state index in [4.69, 9.17) is 9.84 Å². The fourth-order valence-electron chi connectivity index (χ4n) is 1.72. The fraction of sp³-hybridized carbons (Fsp3) is 0.900. The molecule has 0 amide bonds. The van der Waals surface area contributed by atoms with Gasteiger partial charge in [-0.25, -0.2) is 0 Å². The minimum Gasteiger partial charge on any atom is -0.481 e. The van der Waals surface area contributed by atoms with Gasteiger partial charge in [0.2, 0.25) is 0 Å². The first-order valence-electron chi connectivity index (χ1n) is 5.35. The van der Waals surface area contributed by atoms with Gasteiger partial charge in [-0.2, -0.15) is 0 Å². The third-order valence-electron chi connectivity index (χ3n) is 2.68. The van der Waals surface area contributed by atoms with Gasteiger partial charge < -0.3 is 14.9 Å². The highest BCUT2D eigenvalue weighted by Crippen LogP contribution is 2.11. The molecule has 0 saturated carbocycles. The number of ether oxygens (including phenoxy) is 1. The van der Waals surface area contributed by atoms with E-state index < -0.39 is 5.97 Å². The molecule has 0 radical (unpaired) electrons. The molecule has 2 unspecified atom stereocenters. The first-order valence-corrected chi connectivity index (χ1v) is 5.35. The SMILES string of the molecule is CCC(O)CN1CCOCC1CC(=O)O. The first-order chi connectivity index (χ1) is 7.13. The van der Waals surface area contributed by atoms with Crippen LogP contribution in [0.2, 0.25) is 0 Å². The van der Waals surface area contributed by atoms with Crippen molar-refractivity contribution in [3.8, 4) is 0 Å². The number of morpholine rings is 1. The van der Waals surface area contributed by atoms with Crippen molar-refractivity contribution in [1.82, 2.24) is 4.90 Å². The lowest BCUT2D eigenvalue weighted by atomic mass is 10.1. The molecule has 1 aliphatic heterocycles. The molecular formula is C10H19NO4. The van der Waals surface area contributed by atoms with Crippen LogP contribution in [0, 0.1) is 0 Å². The van der Waals surface area contributed by atoms with E-state index in [1.54, 1.807) is 0 Å². The Balaban J connectivity index is 2.45. The van der Waals surface area contributed by atoms with Crippen molar-refractivity contribution in [3.05, 3.63) is 0 Å². The Kier molecular flexibility index (Phi) is 5.01. The molecule has 5 heteroatoms. The van der Waals surface area contributed by atoms with Crippen molar-refractivity contribution < 1.29 is 19.7 Å². The lowest BCUT2D eigenvalue weighted by Crippen LogP contribution is -2.49. The monoisotopic (exact) mass is 217 g/mol. The average Bonchev–Trinajstić information content (AvgIpc) is 2.20. The van der Waals surface area contributed by atoms with Crippen LogP contribution in [0.1, 0.15) is 19.8 Å². The van der Waals surface area contributed by atoms with Gasteiger partial charge in [0.05, 0.1) is 25.7 Å². The number of hydrogen-bond acceptors (Lipinski definition) is 4. The van der Waals surface area contributed by atoms with E-state index in [-0.39, 0.29) is 18.6 Å². The maximum absolute atomic E-state index is 10.6. The van der Waals surface area contributed by atoms with Crippen LogP contribution in [-0.4, -0.2) is 59.5 Å². The Morgan fingerprint density at radius 3 is 3.00 bits per heavy atom. The van der Waals surface area contributed by atoms with Gasteiger partial charge in [0.25, 0.3) is 0 Å². The second-order valence-corrected chi connectivity index (χ2v) is 3.88. The van der Waals surface area contributed by atoms with E-state index in [1.807, 2.05) is 11.8 Å². The van der Waals surface area contributed by atoms with Gasteiger partial charge in [0.1, 0.15) is 0 Å². The molecule has 0 aliphatic carbocycles. The summed E-state index contributed by atoms with van der Waals surface area (Å²) in [6.45, 7) is 4.22. The van der Waals surface area contributed by atoms with Crippen molar-refractivity contribution >= 4 is 5.97 Å². The molecule has 5 nitrogen and oxygen atoms in total. The molecule has 1 rings (SSSR count). The number of aliphatic hydroxyl groups excluding tert-OH is 1. The van der Waals surface area contributed by atoms with Gasteiger partial charge in [-0.1, -0.05) is 6.92 Å². The molecule has 88 valence electrons. The van der Waals surface area contributed by atoms with Crippen LogP contribution in [0.25, 0.3) is 0 Å². The Labute approximate surface area is 89.6 Å². The summed E-state index contributed by atoms with van der Waals surface area (Å²) in [5, 5.41) is 18.3. The smallest absolute Gasteiger partial charge is 0.305 e. The second kappa shape index (κ2) is 6.05. The van der Waals surface area contributed by atoms with Crippen molar-refractivity contribution in [2.24, 2.45) is 0 Å². The van der Waals surface area contributed by atoms with E-state index in [2.05, 4.69) is 0 Å². The number of carboxylic acid groups (broad SMARTS) is 1. The van der Waals surface area contributed by atoms with E-state index >= 15 is 0 Å². The highest BCUT2D eigenvalue weighted by molar-refractivity contribution is 5.67. The zero-order chi connectivity index (χ0) is 11.3. The normalized spacial score (nSPS) is 25.1. The summed E-state index contributed by atoms with van der Waals surface area (Å²) in [6, 6.07) is -0.0996. The van der Waals surface area contributed by atoms with Gasteiger partial charge in [-0.15, -0.1) is 0 Å². The number of hydrogen-bond donors (Lipinski definition) is 2. The average molecular weight is 217 g/mol. The molecule has 0 spiro atoms. The van der Waals surface area contributed by atoms with Gasteiger partial charge >= 0.3 is 5.97 Å². The van der Waals surface area contributed by atoms with Crippen LogP contribution < -0.4 is 0 Å². The van der Waals surface area contributed by atoms with E-state index in [9.17, 15) is 9.90 Å². The number of carboxylic acids is 1. The number of aliphatic hydroxyl groups is 1. The van der Waals surface area contributed by atoms with Gasteiger partial charge in [-0.05, 0) is 6.42 Å². The Bertz CT molecular complexity index is 210. The molecule has 1 saturated heterocycles. The van der Waals surface area contributed by atoms with E-state index in [1.165, 1.54) is 0 Å². The topological polar surface area (TPSA) is 70.0 Å². The molecule has 0 bridgehead atoms. The van der Waals surface area contributed by atoms with Crippen molar-refractivity contribution in [2.75, 3.05) is 26.3 Å². The quantitative estimate of drug-likeness (QED) is 0.674. The summed E-state index contributed by atoms with van der Waals surface area (Å²) in [7, 11) is 0. The number of nitrogens with zero attached hydrogens (tertiary/aromatic N) is 1. The molecule has 1 heterocycles. The number of carbonyl (C=O) groups is 1. The minimum atomic E-state index is -0.818. The summed E-state index contributed by atoms with van der Waals surface area (Å²) >= 11 is 0. The highest BCUT2D eigenvalue weighted by atomic mass is 16.5. The molecule has 0 aromatic carbocycles. The number of aliphatic carboxylic acids is 1. The zero-order valence-corrected chi connectivity index (χ0v) is 9.06. The lowest BCUT2D eigenvalue weighted by molar-refractivity contribution is -0.140. The highest BCUT2D eigenvalue weighted by Gasteiger charge is 2.26. The molecular weight excluding hydrogens is 198 g/mol. The number of rotatable bonds is 5. The van der Waals surface area contributed by atoms with E-state index in [0.717, 1.165) is 0 Å². The first kappa shape index (κ1) is 12.4. The van der Waals surface area contributed by atoms with Crippen LogP contribution in [0.5, 0.6) is 0 Å². The van der Waals surface area contributed by atoms with Crippen molar-refractivity contribution in [1.29, 1.82) is 0 Å². The molecule has 2 N–H and O–H groups in total. The van der Waals surface area contributed by atoms with Gasteiger partial charge in [-0.3, -0.25) is 9.69 Å². The number of β-amino-alcohol motifs (C(OH)–C–C–N with tert-alkyl or cyclic N) is 1. The third kappa shape index (κ3) is 4.15. The van der Waals surface area contributed by atoms with Gasteiger partial charge in [0.15, 0.2) is 0 Å². The third-order valence-corrected chi connectivity index (χ3v) is 2.68. The maximum atomic E-state index is 10.6. The van der Waals surface area contributed by atoms with Crippen LogP contribution in [0.15, 0.2) is 0 Å². The summed E-state index contributed by atoms with van der Waals surface area (Å²) in [6.07, 6.45) is 0.396. The molecule has 15 heavy (non-hydrogen) atoms. The van der Waals surface area contributed by atoms with Crippen LogP contribution in [0.4, 0.5) is 0 Å². The Hall–Kier alpha value is -0.650. The largest absolute Gasteiger partial charge is 0.481 e. The molecule has 2 atom stereocenters. The van der Waals surface area contributed by atoms with Crippen LogP contribution >= 0.6 is 0 Å². The zero-order valence-electron chi connectivity index (χ0n) is 9.06. The summed E-state index contributed by atoms with van der Waals surface area (Å²) in [5.41, 5.74) is 0. The maximum Gasteiger partial charge on any atom is 0.305 e. The lowest BCUT2D eigenvalue weighted by Gasteiger charge is -2.35. The molecule has 1 aliphatic rings. The Morgan fingerprint density at radius 2 is 2.40 bits per heavy atom. The Morgan fingerprint density at radius 1 is 1.67 bits per heavy atom. The fourth-order valence-corrected chi connectivity index (χ4v) is 1.72. The predicted octanol–water partition coefficient (Wildman–Crippen LogP) is -0.0672. The second-order valence-electron chi connectivity index (χ2n) is 3.88. The van der Waals surface area contributed by atoms with Crippen molar-refractivity contribution in [3.63, 3.8) is 0 Å². The molecule has 1 fully saturated rings. The van der Waals surface area contributed by atoms with Crippen molar-refractivity contribution in [2.45, 2.75) is 31.9 Å². The summed E-state index contributed by atoms with van der Waals surface area (Å²) < 4.78 is 5.24. The molecule has 0 aromatic rings. The summed E-state index contributed by atoms with van der Waals surface area (Å²) in [5.74, 6) is -0.818. The molecule has 0 aromatic heterocycles. The standard InChI is InChI=1S/C10H19NO4/c1-2-9(12)6-11-3-4-15-7-8(11)5-10(13)14/h8-9,12H,2-7H2,1H3,(H,13,14). The minimum absolute atomic E-state index is 0.0798. The summed E-state index contributed by atoms with van der Waals surface area (Å²) in [4.78, 5) is 12.6. The van der Waals surface area contributed by atoms with E-state index in [0.29, 0.717) is 32.7 Å². The van der Waals surface area contributed by atoms with Gasteiger partial charge in [0, 0.05) is 19.1 Å².